The molecule has 1 saturated heterocycles. The van der Waals surface area contributed by atoms with Gasteiger partial charge in [-0.2, -0.15) is 0 Å². The van der Waals surface area contributed by atoms with Gasteiger partial charge in [0.05, 0.1) is 13.7 Å². The Morgan fingerprint density at radius 2 is 1.93 bits per heavy atom. The summed E-state index contributed by atoms with van der Waals surface area (Å²) in [5.41, 5.74) is 0.0848. The van der Waals surface area contributed by atoms with Crippen molar-refractivity contribution in [3.05, 3.63) is 23.8 Å². The van der Waals surface area contributed by atoms with Crippen LogP contribution in [0.25, 0.3) is 0 Å². The van der Waals surface area contributed by atoms with Crippen LogP contribution in [0, 0.1) is 0 Å². The minimum absolute atomic E-state index is 0.242. The smallest absolute Gasteiger partial charge is 0.325 e. The van der Waals surface area contributed by atoms with E-state index in [0.29, 0.717) is 44.0 Å². The highest BCUT2D eigenvalue weighted by atomic mass is 16.5. The Morgan fingerprint density at radius 3 is 2.55 bits per heavy atom. The number of benzene rings is 1. The molecule has 0 unspecified atom stereocenters. The van der Waals surface area contributed by atoms with Gasteiger partial charge in [-0.3, -0.25) is 14.5 Å². The van der Waals surface area contributed by atoms with Gasteiger partial charge in [0.2, 0.25) is 5.91 Å². The predicted molar refractivity (Wildman–Crippen MR) is 107 cm³/mol. The second kappa shape index (κ2) is 8.71. The summed E-state index contributed by atoms with van der Waals surface area (Å²) in [7, 11) is 1.57. The normalized spacial score (nSPS) is 17.6. The summed E-state index contributed by atoms with van der Waals surface area (Å²) in [6, 6.07) is 5.06. The molecule has 1 N–H and O–H groups in total. The first kappa shape index (κ1) is 21.0. The van der Waals surface area contributed by atoms with Gasteiger partial charge in [0.1, 0.15) is 12.1 Å². The van der Waals surface area contributed by atoms with E-state index in [1.54, 1.807) is 12.0 Å². The lowest BCUT2D eigenvalue weighted by atomic mass is 9.98. The molecule has 1 aliphatic carbocycles. The maximum Gasteiger partial charge on any atom is 0.325 e. The van der Waals surface area contributed by atoms with Gasteiger partial charge in [0.15, 0.2) is 11.5 Å². The summed E-state index contributed by atoms with van der Waals surface area (Å²) in [5, 5.41) is 2.81. The Labute approximate surface area is 171 Å². The average Bonchev–Trinajstić information content (AvgIpc) is 3.27. The Balaban J connectivity index is 1.68. The lowest BCUT2D eigenvalue weighted by molar-refractivity contribution is -0.139. The first-order chi connectivity index (χ1) is 13.9. The number of likely N-dealkylation sites (N-methyl/N-ethyl adjacent to an activating group) is 1. The number of carbonyl (C=O) groups is 3. The Bertz CT molecular complexity index is 789. The minimum atomic E-state index is -0.795. The van der Waals surface area contributed by atoms with Crippen molar-refractivity contribution in [3.63, 3.8) is 0 Å². The average molecular weight is 403 g/mol. The number of urea groups is 1. The molecular formula is C21H29N3O5. The van der Waals surface area contributed by atoms with E-state index < -0.39 is 11.6 Å². The van der Waals surface area contributed by atoms with E-state index in [-0.39, 0.29) is 18.4 Å². The van der Waals surface area contributed by atoms with Crippen LogP contribution in [-0.2, 0) is 16.1 Å². The summed E-state index contributed by atoms with van der Waals surface area (Å²) in [6.07, 6.45) is 3.11. The van der Waals surface area contributed by atoms with Crippen molar-refractivity contribution in [1.29, 1.82) is 0 Å². The molecule has 158 valence electrons. The SMILES string of the molecule is CCOc1ccc(CN(CC)C(=O)CN2C(=O)NC3(CCCC3)C2=O)cc1OC. The lowest BCUT2D eigenvalue weighted by Gasteiger charge is -2.24. The molecule has 1 aromatic carbocycles. The first-order valence-corrected chi connectivity index (χ1v) is 10.2. The zero-order valence-corrected chi connectivity index (χ0v) is 17.3. The highest BCUT2D eigenvalue weighted by Gasteiger charge is 2.52. The van der Waals surface area contributed by atoms with Gasteiger partial charge in [-0.25, -0.2) is 4.79 Å². The van der Waals surface area contributed by atoms with Crippen molar-refractivity contribution in [1.82, 2.24) is 15.1 Å². The largest absolute Gasteiger partial charge is 0.493 e. The van der Waals surface area contributed by atoms with E-state index in [9.17, 15) is 14.4 Å². The molecule has 1 heterocycles. The molecule has 8 heteroatoms. The predicted octanol–water partition coefficient (Wildman–Crippen LogP) is 2.31. The number of amides is 4. The van der Waals surface area contributed by atoms with E-state index in [4.69, 9.17) is 9.47 Å². The maximum absolute atomic E-state index is 12.8. The molecular weight excluding hydrogens is 374 g/mol. The summed E-state index contributed by atoms with van der Waals surface area (Å²) in [5.74, 6) is 0.713. The molecule has 8 nitrogen and oxygen atoms in total. The van der Waals surface area contributed by atoms with E-state index in [0.717, 1.165) is 23.3 Å². The van der Waals surface area contributed by atoms with E-state index in [1.807, 2.05) is 32.0 Å². The zero-order chi connectivity index (χ0) is 21.0. The first-order valence-electron chi connectivity index (χ1n) is 10.2. The summed E-state index contributed by atoms with van der Waals surface area (Å²) < 4.78 is 10.9. The van der Waals surface area contributed by atoms with Gasteiger partial charge < -0.3 is 19.7 Å². The molecule has 0 aromatic heterocycles. The quantitative estimate of drug-likeness (QED) is 0.673. The minimum Gasteiger partial charge on any atom is -0.493 e. The Morgan fingerprint density at radius 1 is 1.21 bits per heavy atom. The van der Waals surface area contributed by atoms with Crippen LogP contribution in [0.15, 0.2) is 18.2 Å². The Hall–Kier alpha value is -2.77. The molecule has 2 aliphatic rings. The summed E-state index contributed by atoms with van der Waals surface area (Å²) in [4.78, 5) is 40.6. The van der Waals surface area contributed by atoms with Crippen LogP contribution < -0.4 is 14.8 Å². The van der Waals surface area contributed by atoms with E-state index >= 15 is 0 Å². The van der Waals surface area contributed by atoms with Crippen LogP contribution in [0.3, 0.4) is 0 Å². The number of carbonyl (C=O) groups excluding carboxylic acids is 3. The molecule has 0 atom stereocenters. The molecule has 0 radical (unpaired) electrons. The molecule has 1 aromatic rings. The number of imide groups is 1. The third-order valence-electron chi connectivity index (χ3n) is 5.63. The number of nitrogens with one attached hydrogen (secondary N) is 1. The third kappa shape index (κ3) is 4.16. The Kier molecular flexibility index (Phi) is 6.30. The number of hydrogen-bond acceptors (Lipinski definition) is 5. The lowest BCUT2D eigenvalue weighted by Crippen LogP contribution is -2.46. The van der Waals surface area contributed by atoms with Crippen molar-refractivity contribution in [2.24, 2.45) is 0 Å². The monoisotopic (exact) mass is 403 g/mol. The number of ether oxygens (including phenoxy) is 2. The maximum atomic E-state index is 12.8. The van der Waals surface area contributed by atoms with Crippen LogP contribution in [0.5, 0.6) is 11.5 Å². The fourth-order valence-electron chi connectivity index (χ4n) is 4.05. The zero-order valence-electron chi connectivity index (χ0n) is 17.3. The van der Waals surface area contributed by atoms with Crippen molar-refractivity contribution < 1.29 is 23.9 Å². The number of nitrogens with zero attached hydrogens (tertiary/aromatic N) is 2. The number of methoxy groups -OCH3 is 1. The standard InChI is InChI=1S/C21H29N3O5/c1-4-23(13-15-8-9-16(29-5-2)17(12-15)28-3)18(25)14-24-19(26)21(22-20(24)27)10-6-7-11-21/h8-9,12H,4-7,10-11,13-14H2,1-3H3,(H,22,27). The van der Waals surface area contributed by atoms with Crippen LogP contribution >= 0.6 is 0 Å². The molecule has 1 spiro atoms. The highest BCUT2D eigenvalue weighted by molar-refractivity contribution is 6.09. The fourth-order valence-corrected chi connectivity index (χ4v) is 4.05. The molecule has 2 fully saturated rings. The van der Waals surface area contributed by atoms with E-state index in [2.05, 4.69) is 5.32 Å². The molecule has 3 rings (SSSR count). The van der Waals surface area contributed by atoms with Crippen molar-refractivity contribution >= 4 is 17.8 Å². The van der Waals surface area contributed by atoms with Crippen molar-refractivity contribution in [2.75, 3.05) is 26.8 Å². The van der Waals surface area contributed by atoms with Crippen LogP contribution in [0.1, 0.15) is 45.1 Å². The van der Waals surface area contributed by atoms with Crippen molar-refractivity contribution in [3.8, 4) is 11.5 Å². The highest BCUT2D eigenvalue weighted by Crippen LogP contribution is 2.35. The molecule has 1 aliphatic heterocycles. The van der Waals surface area contributed by atoms with E-state index in [1.165, 1.54) is 0 Å². The molecule has 29 heavy (non-hydrogen) atoms. The number of hydrogen-bond donors (Lipinski definition) is 1. The van der Waals surface area contributed by atoms with Gasteiger partial charge in [0.25, 0.3) is 5.91 Å². The van der Waals surface area contributed by atoms with Gasteiger partial charge >= 0.3 is 6.03 Å². The van der Waals surface area contributed by atoms with Gasteiger partial charge in [0, 0.05) is 13.1 Å². The van der Waals surface area contributed by atoms with Crippen LogP contribution in [0.4, 0.5) is 4.79 Å². The fraction of sp³-hybridized carbons (Fsp3) is 0.571. The van der Waals surface area contributed by atoms with Crippen LogP contribution in [0.2, 0.25) is 0 Å². The van der Waals surface area contributed by atoms with Crippen LogP contribution in [-0.4, -0.2) is 60.0 Å². The van der Waals surface area contributed by atoms with Gasteiger partial charge in [-0.05, 0) is 44.4 Å². The second-order valence-electron chi connectivity index (χ2n) is 7.44. The number of rotatable bonds is 8. The second-order valence-corrected chi connectivity index (χ2v) is 7.44. The van der Waals surface area contributed by atoms with Crippen molar-refractivity contribution in [2.45, 2.75) is 51.6 Å². The molecule has 0 bridgehead atoms. The topological polar surface area (TPSA) is 88.2 Å². The third-order valence-corrected chi connectivity index (χ3v) is 5.63. The summed E-state index contributed by atoms with van der Waals surface area (Å²) in [6.45, 7) is 4.87. The molecule has 1 saturated carbocycles. The van der Waals surface area contributed by atoms with Gasteiger partial charge in [-0.15, -0.1) is 0 Å². The molecule has 4 amide bonds. The van der Waals surface area contributed by atoms with Gasteiger partial charge in [-0.1, -0.05) is 18.9 Å². The summed E-state index contributed by atoms with van der Waals surface area (Å²) >= 11 is 0.